The number of carbonyl (C=O) groups excluding carboxylic acids is 1. The number of nitrogens with zero attached hydrogens (tertiary/aromatic N) is 2. The Morgan fingerprint density at radius 2 is 2.00 bits per heavy atom. The van der Waals surface area contributed by atoms with Gasteiger partial charge in [-0.2, -0.15) is 0 Å². The van der Waals surface area contributed by atoms with Gasteiger partial charge in [-0.25, -0.2) is 4.98 Å². The number of fused-ring (bicyclic) bond motifs is 1. The second-order valence-corrected chi connectivity index (χ2v) is 6.51. The first-order chi connectivity index (χ1) is 12.2. The second kappa shape index (κ2) is 6.45. The fraction of sp³-hybridized carbons (Fsp3) is 0.0500. The van der Waals surface area contributed by atoms with E-state index >= 15 is 0 Å². The molecule has 122 valence electrons. The molecule has 5 heteroatoms. The van der Waals surface area contributed by atoms with Gasteiger partial charge in [0, 0.05) is 28.8 Å². The van der Waals surface area contributed by atoms with Gasteiger partial charge in [-0.15, -0.1) is 11.3 Å². The Bertz CT molecular complexity index is 1060. The molecule has 0 bridgehead atoms. The van der Waals surface area contributed by atoms with Gasteiger partial charge in [0.05, 0.1) is 5.51 Å². The Balaban J connectivity index is 1.70. The summed E-state index contributed by atoms with van der Waals surface area (Å²) in [4.78, 5) is 20.4. The number of hydrogen-bond acceptors (Lipinski definition) is 4. The Hall–Kier alpha value is -3.05. The maximum Gasteiger partial charge on any atom is 0.275 e. The number of amides is 1. The van der Waals surface area contributed by atoms with Crippen LogP contribution in [0.3, 0.4) is 0 Å². The number of anilines is 1. The molecule has 0 fully saturated rings. The molecule has 2 aromatic heterocycles. The third-order valence-electron chi connectivity index (χ3n) is 4.11. The number of aryl methyl sites for hydroxylation is 1. The molecule has 2 heterocycles. The maximum absolute atomic E-state index is 12.2. The quantitative estimate of drug-likeness (QED) is 0.573. The van der Waals surface area contributed by atoms with Gasteiger partial charge in [0.15, 0.2) is 0 Å². The van der Waals surface area contributed by atoms with Crippen LogP contribution < -0.4 is 5.32 Å². The standard InChI is InChI=1S/C20H15N3OS/c1-13-2-5-17(23-20(24)19-11-25-12-22-19)9-18(13)15-4-3-14-6-7-21-10-16(14)8-15/h2-12H,1H3,(H,23,24). The van der Waals surface area contributed by atoms with Crippen molar-refractivity contribution < 1.29 is 4.79 Å². The molecule has 25 heavy (non-hydrogen) atoms. The second-order valence-electron chi connectivity index (χ2n) is 5.80. The molecule has 4 rings (SSSR count). The van der Waals surface area contributed by atoms with Gasteiger partial charge in [0.25, 0.3) is 5.91 Å². The lowest BCUT2D eigenvalue weighted by molar-refractivity contribution is 0.102. The van der Waals surface area contributed by atoms with Gasteiger partial charge in [0.2, 0.25) is 0 Å². The molecule has 0 saturated carbocycles. The summed E-state index contributed by atoms with van der Waals surface area (Å²) in [5.74, 6) is -0.196. The van der Waals surface area contributed by atoms with Crippen LogP contribution in [0, 0.1) is 6.92 Å². The van der Waals surface area contributed by atoms with Crippen LogP contribution in [0.25, 0.3) is 21.9 Å². The summed E-state index contributed by atoms with van der Waals surface area (Å²) in [6.07, 6.45) is 3.66. The highest BCUT2D eigenvalue weighted by atomic mass is 32.1. The van der Waals surface area contributed by atoms with Crippen LogP contribution in [0.2, 0.25) is 0 Å². The number of aromatic nitrogens is 2. The number of nitrogens with one attached hydrogen (secondary N) is 1. The van der Waals surface area contributed by atoms with Crippen molar-refractivity contribution in [1.82, 2.24) is 9.97 Å². The van der Waals surface area contributed by atoms with Crippen LogP contribution >= 0.6 is 11.3 Å². The summed E-state index contributed by atoms with van der Waals surface area (Å²) in [7, 11) is 0. The first kappa shape index (κ1) is 15.5. The normalized spacial score (nSPS) is 10.8. The molecule has 0 aliphatic rings. The minimum Gasteiger partial charge on any atom is -0.321 e. The smallest absolute Gasteiger partial charge is 0.275 e. The zero-order chi connectivity index (χ0) is 17.2. The number of thiazole rings is 1. The molecule has 2 aromatic carbocycles. The van der Waals surface area contributed by atoms with Crippen LogP contribution in [-0.2, 0) is 0 Å². The Morgan fingerprint density at radius 1 is 1.08 bits per heavy atom. The summed E-state index contributed by atoms with van der Waals surface area (Å²) in [5.41, 5.74) is 6.17. The molecular formula is C20H15N3OS. The van der Waals surface area contributed by atoms with E-state index in [2.05, 4.69) is 40.4 Å². The third kappa shape index (κ3) is 3.14. The SMILES string of the molecule is Cc1ccc(NC(=O)c2cscn2)cc1-c1ccc2ccncc2c1. The fourth-order valence-corrected chi connectivity index (χ4v) is 3.32. The van der Waals surface area contributed by atoms with Crippen molar-refractivity contribution in [2.24, 2.45) is 0 Å². The predicted molar refractivity (Wildman–Crippen MR) is 102 cm³/mol. The average Bonchev–Trinajstić information content (AvgIpc) is 3.18. The lowest BCUT2D eigenvalue weighted by Gasteiger charge is -2.11. The summed E-state index contributed by atoms with van der Waals surface area (Å²) in [6.45, 7) is 2.06. The first-order valence-electron chi connectivity index (χ1n) is 7.85. The minimum absolute atomic E-state index is 0.196. The summed E-state index contributed by atoms with van der Waals surface area (Å²) < 4.78 is 0. The zero-order valence-electron chi connectivity index (χ0n) is 13.6. The molecule has 0 atom stereocenters. The van der Waals surface area contributed by atoms with E-state index in [9.17, 15) is 4.79 Å². The molecule has 0 radical (unpaired) electrons. The molecule has 0 aliphatic carbocycles. The molecule has 1 N–H and O–H groups in total. The fourth-order valence-electron chi connectivity index (χ4n) is 2.78. The molecule has 1 amide bonds. The van der Waals surface area contributed by atoms with Gasteiger partial charge >= 0.3 is 0 Å². The van der Waals surface area contributed by atoms with E-state index in [1.54, 1.807) is 17.1 Å². The number of pyridine rings is 1. The van der Waals surface area contributed by atoms with E-state index < -0.39 is 0 Å². The lowest BCUT2D eigenvalue weighted by Crippen LogP contribution is -2.12. The predicted octanol–water partition coefficient (Wildman–Crippen LogP) is 4.92. The topological polar surface area (TPSA) is 54.9 Å². The average molecular weight is 345 g/mol. The molecule has 0 unspecified atom stereocenters. The van der Waals surface area contributed by atoms with Gasteiger partial charge in [-0.3, -0.25) is 9.78 Å². The molecule has 0 spiro atoms. The highest BCUT2D eigenvalue weighted by Crippen LogP contribution is 2.29. The summed E-state index contributed by atoms with van der Waals surface area (Å²) >= 11 is 1.40. The number of benzene rings is 2. The molecular weight excluding hydrogens is 330 g/mol. The summed E-state index contributed by atoms with van der Waals surface area (Å²) in [5, 5.41) is 6.90. The Morgan fingerprint density at radius 3 is 2.84 bits per heavy atom. The van der Waals surface area contributed by atoms with Crippen LogP contribution in [0.15, 0.2) is 65.7 Å². The van der Waals surface area contributed by atoms with Crippen LogP contribution in [0.1, 0.15) is 16.1 Å². The van der Waals surface area contributed by atoms with Crippen molar-refractivity contribution in [1.29, 1.82) is 0 Å². The number of hydrogen-bond donors (Lipinski definition) is 1. The largest absolute Gasteiger partial charge is 0.321 e. The Labute approximate surface area is 149 Å². The highest BCUT2D eigenvalue weighted by Gasteiger charge is 2.10. The number of carbonyl (C=O) groups is 1. The van der Waals surface area contributed by atoms with Crippen molar-refractivity contribution >= 4 is 33.7 Å². The van der Waals surface area contributed by atoms with E-state index in [1.807, 2.05) is 30.5 Å². The molecule has 0 aliphatic heterocycles. The van der Waals surface area contributed by atoms with Crippen LogP contribution in [0.4, 0.5) is 5.69 Å². The first-order valence-corrected chi connectivity index (χ1v) is 8.79. The van der Waals surface area contributed by atoms with Gasteiger partial charge in [-0.1, -0.05) is 18.2 Å². The van der Waals surface area contributed by atoms with E-state index in [0.717, 1.165) is 33.2 Å². The molecule has 4 aromatic rings. The van der Waals surface area contributed by atoms with E-state index in [1.165, 1.54) is 11.3 Å². The number of rotatable bonds is 3. The van der Waals surface area contributed by atoms with Crippen molar-refractivity contribution in [3.63, 3.8) is 0 Å². The maximum atomic E-state index is 12.2. The monoisotopic (exact) mass is 345 g/mol. The molecule has 0 saturated heterocycles. The van der Waals surface area contributed by atoms with Crippen molar-refractivity contribution in [2.45, 2.75) is 6.92 Å². The minimum atomic E-state index is -0.196. The van der Waals surface area contributed by atoms with Gasteiger partial charge in [-0.05, 0) is 53.3 Å². The lowest BCUT2D eigenvalue weighted by atomic mass is 9.98. The summed E-state index contributed by atoms with van der Waals surface area (Å²) in [6, 6.07) is 14.2. The Kier molecular flexibility index (Phi) is 3.99. The van der Waals surface area contributed by atoms with E-state index in [-0.39, 0.29) is 5.91 Å². The zero-order valence-corrected chi connectivity index (χ0v) is 14.4. The van der Waals surface area contributed by atoms with Crippen molar-refractivity contribution in [2.75, 3.05) is 5.32 Å². The van der Waals surface area contributed by atoms with Crippen molar-refractivity contribution in [3.05, 3.63) is 77.0 Å². The van der Waals surface area contributed by atoms with Crippen LogP contribution in [0.5, 0.6) is 0 Å². The highest BCUT2D eigenvalue weighted by molar-refractivity contribution is 7.07. The van der Waals surface area contributed by atoms with E-state index in [0.29, 0.717) is 5.69 Å². The third-order valence-corrected chi connectivity index (χ3v) is 4.70. The van der Waals surface area contributed by atoms with Gasteiger partial charge < -0.3 is 5.32 Å². The molecule has 4 nitrogen and oxygen atoms in total. The van der Waals surface area contributed by atoms with Gasteiger partial charge in [0.1, 0.15) is 5.69 Å². The van der Waals surface area contributed by atoms with Crippen molar-refractivity contribution in [3.8, 4) is 11.1 Å². The van der Waals surface area contributed by atoms with E-state index in [4.69, 9.17) is 0 Å². The van der Waals surface area contributed by atoms with Crippen LogP contribution in [-0.4, -0.2) is 15.9 Å².